The maximum atomic E-state index is 9.74. The lowest BCUT2D eigenvalue weighted by atomic mass is 9.79. The van der Waals surface area contributed by atoms with E-state index in [-0.39, 0.29) is 12.7 Å². The van der Waals surface area contributed by atoms with Crippen LogP contribution in [0.3, 0.4) is 0 Å². The molecule has 7 nitrogen and oxygen atoms in total. The Morgan fingerprint density at radius 1 is 1.14 bits per heavy atom. The van der Waals surface area contributed by atoms with E-state index >= 15 is 0 Å². The first kappa shape index (κ1) is 16.7. The van der Waals surface area contributed by atoms with Gasteiger partial charge in [0.2, 0.25) is 18.6 Å². The van der Waals surface area contributed by atoms with E-state index in [9.17, 15) is 5.26 Å². The van der Waals surface area contributed by atoms with Crippen LogP contribution in [0.5, 0.6) is 17.4 Å². The molecule has 0 bridgehead atoms. The van der Waals surface area contributed by atoms with Gasteiger partial charge in [-0.15, -0.1) is 5.10 Å². The number of aromatic amines is 1. The number of nitriles is 1. The summed E-state index contributed by atoms with van der Waals surface area (Å²) < 4.78 is 16.4. The zero-order valence-corrected chi connectivity index (χ0v) is 15.2. The van der Waals surface area contributed by atoms with E-state index in [1.54, 1.807) is 12.1 Å². The van der Waals surface area contributed by atoms with Crippen LogP contribution in [0.4, 0.5) is 0 Å². The summed E-state index contributed by atoms with van der Waals surface area (Å²) in [6, 6.07) is 15.0. The highest BCUT2D eigenvalue weighted by Crippen LogP contribution is 2.47. The summed E-state index contributed by atoms with van der Waals surface area (Å²) in [4.78, 5) is 0. The van der Waals surface area contributed by atoms with Crippen molar-refractivity contribution in [3.05, 3.63) is 58.6 Å². The minimum atomic E-state index is -0.779. The van der Waals surface area contributed by atoms with Crippen molar-refractivity contribution in [2.75, 3.05) is 6.79 Å². The lowest BCUT2D eigenvalue weighted by Gasteiger charge is -2.28. The largest absolute Gasteiger partial charge is 0.454 e. The molecule has 0 saturated carbocycles. The molecule has 2 aliphatic heterocycles. The van der Waals surface area contributed by atoms with Crippen LogP contribution in [-0.4, -0.2) is 22.9 Å². The van der Waals surface area contributed by atoms with Gasteiger partial charge < -0.3 is 14.2 Å². The number of nitrogens with zero attached hydrogens (tertiary/aromatic N) is 2. The molecule has 2 aromatic carbocycles. The fourth-order valence-electron chi connectivity index (χ4n) is 3.62. The van der Waals surface area contributed by atoms with Crippen LogP contribution in [0.15, 0.2) is 42.5 Å². The maximum Gasteiger partial charge on any atom is 0.244 e. The van der Waals surface area contributed by atoms with Crippen molar-refractivity contribution in [1.29, 1.82) is 10.7 Å². The molecule has 0 amide bonds. The van der Waals surface area contributed by atoms with Gasteiger partial charge in [-0.05, 0) is 35.9 Å². The standard InChI is InChI=1S/C20H13ClN4O3/c21-12-4-1-10(2-5-12)16-13(8-22)19(23)28-20-17(16)18(24-25-20)11-3-6-14-15(7-11)27-9-26-14/h1-7,13,16,23H,9H2,(H,24,25). The highest BCUT2D eigenvalue weighted by Gasteiger charge is 2.40. The quantitative estimate of drug-likeness (QED) is 0.683. The molecule has 0 aliphatic carbocycles. The molecule has 5 rings (SSSR count). The normalized spacial score (nSPS) is 19.6. The van der Waals surface area contributed by atoms with Crippen molar-refractivity contribution in [2.45, 2.75) is 5.92 Å². The predicted molar refractivity (Wildman–Crippen MR) is 101 cm³/mol. The minimum Gasteiger partial charge on any atom is -0.454 e. The second-order valence-corrected chi connectivity index (χ2v) is 6.92. The van der Waals surface area contributed by atoms with Crippen molar-refractivity contribution in [3.8, 4) is 34.7 Å². The van der Waals surface area contributed by atoms with Crippen LogP contribution in [-0.2, 0) is 0 Å². The molecule has 8 heteroatoms. The van der Waals surface area contributed by atoms with Crippen molar-refractivity contribution < 1.29 is 14.2 Å². The first-order valence-corrected chi connectivity index (χ1v) is 8.93. The van der Waals surface area contributed by atoms with Gasteiger partial charge in [0.25, 0.3) is 0 Å². The highest BCUT2D eigenvalue weighted by molar-refractivity contribution is 6.30. The van der Waals surface area contributed by atoms with Crippen LogP contribution < -0.4 is 14.2 Å². The van der Waals surface area contributed by atoms with Gasteiger partial charge in [-0.3, -0.25) is 10.5 Å². The Bertz CT molecular complexity index is 1130. The van der Waals surface area contributed by atoms with Gasteiger partial charge in [0.05, 0.1) is 17.3 Å². The number of hydrogen-bond donors (Lipinski definition) is 2. The van der Waals surface area contributed by atoms with Crippen LogP contribution in [0.25, 0.3) is 11.3 Å². The van der Waals surface area contributed by atoms with Crippen molar-refractivity contribution >= 4 is 17.5 Å². The minimum absolute atomic E-state index is 0.126. The number of nitrogens with one attached hydrogen (secondary N) is 2. The molecule has 0 radical (unpaired) electrons. The summed E-state index contributed by atoms with van der Waals surface area (Å²) in [5, 5.41) is 25.7. The molecule has 3 heterocycles. The smallest absolute Gasteiger partial charge is 0.244 e. The average Bonchev–Trinajstić information content (AvgIpc) is 3.33. The first-order chi connectivity index (χ1) is 13.7. The van der Waals surface area contributed by atoms with Crippen LogP contribution >= 0.6 is 11.6 Å². The summed E-state index contributed by atoms with van der Waals surface area (Å²) in [6.45, 7) is 0.185. The molecule has 2 N–H and O–H groups in total. The number of aromatic nitrogens is 2. The number of halogens is 1. The molecular formula is C20H13ClN4O3. The number of fused-ring (bicyclic) bond motifs is 2. The molecule has 2 atom stereocenters. The Morgan fingerprint density at radius 2 is 1.93 bits per heavy atom. The SMILES string of the molecule is N#CC1C(=N)Oc2n[nH]c(-c3ccc4c(c3)OCO4)c2C1c1ccc(Cl)cc1. The molecule has 1 aromatic heterocycles. The van der Waals surface area contributed by atoms with Gasteiger partial charge in [0.1, 0.15) is 5.92 Å². The fourth-order valence-corrected chi connectivity index (χ4v) is 3.75. The first-order valence-electron chi connectivity index (χ1n) is 8.55. The number of rotatable bonds is 2. The van der Waals surface area contributed by atoms with E-state index < -0.39 is 11.8 Å². The van der Waals surface area contributed by atoms with Crippen LogP contribution in [0.1, 0.15) is 17.0 Å². The van der Waals surface area contributed by atoms with E-state index in [1.165, 1.54) is 0 Å². The highest BCUT2D eigenvalue weighted by atomic mass is 35.5. The summed E-state index contributed by atoms with van der Waals surface area (Å²) in [5.41, 5.74) is 3.11. The van der Waals surface area contributed by atoms with Gasteiger partial charge in [-0.1, -0.05) is 23.7 Å². The summed E-state index contributed by atoms with van der Waals surface area (Å²) in [7, 11) is 0. The van der Waals surface area contributed by atoms with Gasteiger partial charge in [-0.25, -0.2) is 0 Å². The third-order valence-electron chi connectivity index (χ3n) is 4.93. The third-order valence-corrected chi connectivity index (χ3v) is 5.18. The monoisotopic (exact) mass is 392 g/mol. The Morgan fingerprint density at radius 3 is 2.71 bits per heavy atom. The predicted octanol–water partition coefficient (Wildman–Crippen LogP) is 4.10. The van der Waals surface area contributed by atoms with E-state index in [0.29, 0.717) is 28.1 Å². The molecular weight excluding hydrogens is 380 g/mol. The van der Waals surface area contributed by atoms with Crippen molar-refractivity contribution in [2.24, 2.45) is 5.92 Å². The fraction of sp³-hybridized carbons (Fsp3) is 0.150. The van der Waals surface area contributed by atoms with Crippen molar-refractivity contribution in [1.82, 2.24) is 10.2 Å². The van der Waals surface area contributed by atoms with Crippen LogP contribution in [0.2, 0.25) is 5.02 Å². The number of benzene rings is 2. The Balaban J connectivity index is 1.69. The van der Waals surface area contributed by atoms with Gasteiger partial charge in [0, 0.05) is 16.5 Å². The molecule has 2 unspecified atom stereocenters. The van der Waals surface area contributed by atoms with E-state index in [4.69, 9.17) is 31.2 Å². The van der Waals surface area contributed by atoms with Gasteiger partial charge >= 0.3 is 0 Å². The topological polar surface area (TPSA) is 104 Å². The van der Waals surface area contributed by atoms with Gasteiger partial charge in [-0.2, -0.15) is 5.26 Å². The summed E-state index contributed by atoms with van der Waals surface area (Å²) in [6.07, 6.45) is 0. The Hall–Kier alpha value is -3.50. The van der Waals surface area contributed by atoms with Gasteiger partial charge in [0.15, 0.2) is 11.5 Å². The number of hydrogen-bond acceptors (Lipinski definition) is 6. The number of H-pyrrole nitrogens is 1. The molecule has 138 valence electrons. The zero-order valence-electron chi connectivity index (χ0n) is 14.4. The second kappa shape index (κ2) is 6.29. The van der Waals surface area contributed by atoms with Crippen molar-refractivity contribution in [3.63, 3.8) is 0 Å². The molecule has 0 spiro atoms. The summed E-state index contributed by atoms with van der Waals surface area (Å²) >= 11 is 6.03. The Kier molecular flexibility index (Phi) is 3.74. The molecule has 28 heavy (non-hydrogen) atoms. The van der Waals surface area contributed by atoms with E-state index in [1.807, 2.05) is 30.3 Å². The molecule has 3 aromatic rings. The molecule has 2 aliphatic rings. The lowest BCUT2D eigenvalue weighted by molar-refractivity contribution is 0.174. The second-order valence-electron chi connectivity index (χ2n) is 6.49. The third kappa shape index (κ3) is 2.50. The summed E-state index contributed by atoms with van der Waals surface area (Å²) in [5.74, 6) is 0.295. The average molecular weight is 393 g/mol. The number of ether oxygens (including phenoxy) is 3. The van der Waals surface area contributed by atoms with E-state index in [2.05, 4.69) is 16.3 Å². The zero-order chi connectivity index (χ0) is 19.3. The lowest BCUT2D eigenvalue weighted by Crippen LogP contribution is -2.30. The molecule has 0 fully saturated rings. The van der Waals surface area contributed by atoms with E-state index in [0.717, 1.165) is 16.7 Å². The maximum absolute atomic E-state index is 9.74. The van der Waals surface area contributed by atoms with Crippen LogP contribution in [0, 0.1) is 22.7 Å². The Labute approximate surface area is 164 Å². The molecule has 0 saturated heterocycles.